The van der Waals surface area contributed by atoms with Gasteiger partial charge in [-0.3, -0.25) is 4.79 Å². The van der Waals surface area contributed by atoms with Gasteiger partial charge in [0.05, 0.1) is 13.2 Å². The van der Waals surface area contributed by atoms with Gasteiger partial charge in [-0.1, -0.05) is 60.7 Å². The molecule has 24 heavy (non-hydrogen) atoms. The summed E-state index contributed by atoms with van der Waals surface area (Å²) in [6, 6.07) is 19.1. The zero-order valence-electron chi connectivity index (χ0n) is 13.8. The zero-order chi connectivity index (χ0) is 16.8. The van der Waals surface area contributed by atoms with E-state index in [1.165, 1.54) is 5.56 Å². The Bertz CT molecular complexity index is 645. The van der Waals surface area contributed by atoms with Gasteiger partial charge in [0.1, 0.15) is 6.04 Å². The molecule has 0 saturated carbocycles. The number of amides is 1. The van der Waals surface area contributed by atoms with Crippen LogP contribution in [0.5, 0.6) is 0 Å². The first kappa shape index (κ1) is 16.7. The molecule has 1 saturated heterocycles. The quantitative estimate of drug-likeness (QED) is 0.889. The summed E-state index contributed by atoms with van der Waals surface area (Å²) in [5.74, 6) is 0.396. The highest BCUT2D eigenvalue weighted by molar-refractivity contribution is 5.83. The normalized spacial score (nSPS) is 18.5. The first-order valence-corrected chi connectivity index (χ1v) is 8.45. The third kappa shape index (κ3) is 4.22. The summed E-state index contributed by atoms with van der Waals surface area (Å²) in [5.41, 5.74) is 8.16. The molecule has 3 rings (SSSR count). The predicted octanol–water partition coefficient (Wildman–Crippen LogP) is 2.75. The molecular formula is C20H24N2O2. The van der Waals surface area contributed by atoms with Crippen molar-refractivity contribution in [2.75, 3.05) is 19.7 Å². The number of likely N-dealkylation sites (tertiary alicyclic amines) is 1. The highest BCUT2D eigenvalue weighted by Crippen LogP contribution is 2.21. The summed E-state index contributed by atoms with van der Waals surface area (Å²) >= 11 is 0. The summed E-state index contributed by atoms with van der Waals surface area (Å²) < 4.78 is 5.81. The Morgan fingerprint density at radius 2 is 1.79 bits per heavy atom. The summed E-state index contributed by atoms with van der Waals surface area (Å²) in [5, 5.41) is 0. The second-order valence-electron chi connectivity index (χ2n) is 6.33. The smallest absolute Gasteiger partial charge is 0.244 e. The van der Waals surface area contributed by atoms with Crippen molar-refractivity contribution < 1.29 is 9.53 Å². The number of hydrogen-bond acceptors (Lipinski definition) is 3. The molecule has 0 bridgehead atoms. The monoisotopic (exact) mass is 324 g/mol. The fourth-order valence-electron chi connectivity index (χ4n) is 3.09. The zero-order valence-corrected chi connectivity index (χ0v) is 13.8. The Labute approximate surface area is 143 Å². The van der Waals surface area contributed by atoms with E-state index in [1.807, 2.05) is 53.4 Å². The van der Waals surface area contributed by atoms with E-state index in [4.69, 9.17) is 10.5 Å². The molecule has 2 N–H and O–H groups in total. The number of benzene rings is 2. The van der Waals surface area contributed by atoms with Gasteiger partial charge in [-0.15, -0.1) is 0 Å². The van der Waals surface area contributed by atoms with Crippen LogP contribution in [0.3, 0.4) is 0 Å². The molecule has 0 aliphatic carbocycles. The van der Waals surface area contributed by atoms with Crippen molar-refractivity contribution in [3.05, 3.63) is 71.8 Å². The van der Waals surface area contributed by atoms with Gasteiger partial charge in [0, 0.05) is 19.0 Å². The lowest BCUT2D eigenvalue weighted by Crippen LogP contribution is -2.37. The van der Waals surface area contributed by atoms with E-state index in [0.29, 0.717) is 19.1 Å². The van der Waals surface area contributed by atoms with Gasteiger partial charge in [-0.05, 0) is 17.5 Å². The van der Waals surface area contributed by atoms with E-state index in [1.54, 1.807) is 0 Å². The largest absolute Gasteiger partial charge is 0.376 e. The fourth-order valence-corrected chi connectivity index (χ4v) is 3.09. The first-order chi connectivity index (χ1) is 11.7. The van der Waals surface area contributed by atoms with E-state index < -0.39 is 6.04 Å². The van der Waals surface area contributed by atoms with E-state index >= 15 is 0 Å². The lowest BCUT2D eigenvalue weighted by Gasteiger charge is -2.21. The minimum atomic E-state index is -0.574. The maximum absolute atomic E-state index is 12.5. The average molecular weight is 324 g/mol. The van der Waals surface area contributed by atoms with Gasteiger partial charge in [0.25, 0.3) is 0 Å². The predicted molar refractivity (Wildman–Crippen MR) is 94.2 cm³/mol. The van der Waals surface area contributed by atoms with Crippen molar-refractivity contribution in [2.24, 2.45) is 11.7 Å². The Morgan fingerprint density at radius 1 is 1.12 bits per heavy atom. The molecule has 0 unspecified atom stereocenters. The summed E-state index contributed by atoms with van der Waals surface area (Å²) in [4.78, 5) is 14.4. The molecule has 1 amide bonds. The molecule has 1 aliphatic rings. The molecule has 0 radical (unpaired) electrons. The topological polar surface area (TPSA) is 55.6 Å². The highest BCUT2D eigenvalue weighted by atomic mass is 16.5. The van der Waals surface area contributed by atoms with Crippen molar-refractivity contribution >= 4 is 5.91 Å². The molecule has 1 aliphatic heterocycles. The van der Waals surface area contributed by atoms with Gasteiger partial charge in [0.15, 0.2) is 0 Å². The second-order valence-corrected chi connectivity index (χ2v) is 6.33. The minimum Gasteiger partial charge on any atom is -0.376 e. The molecule has 1 fully saturated rings. The van der Waals surface area contributed by atoms with Crippen molar-refractivity contribution in [1.29, 1.82) is 0 Å². The van der Waals surface area contributed by atoms with Crippen molar-refractivity contribution in [1.82, 2.24) is 4.90 Å². The third-order valence-electron chi connectivity index (χ3n) is 4.49. The number of hydrogen-bond donors (Lipinski definition) is 1. The van der Waals surface area contributed by atoms with Crippen molar-refractivity contribution in [3.63, 3.8) is 0 Å². The molecule has 2 atom stereocenters. The van der Waals surface area contributed by atoms with Gasteiger partial charge in [-0.2, -0.15) is 0 Å². The molecule has 2 aromatic carbocycles. The third-order valence-corrected chi connectivity index (χ3v) is 4.49. The minimum absolute atomic E-state index is 0.00626. The Morgan fingerprint density at radius 3 is 2.50 bits per heavy atom. The molecule has 1 heterocycles. The SMILES string of the molecule is N[C@@H](C(=O)N1CC[C@H](COCc2ccccc2)C1)c1ccccc1. The number of carbonyl (C=O) groups is 1. The standard InChI is InChI=1S/C20H24N2O2/c21-19(18-9-5-2-6-10-18)20(23)22-12-11-17(13-22)15-24-14-16-7-3-1-4-8-16/h1-10,17,19H,11-15,21H2/t17-,19+/m0/s1. The molecule has 2 aromatic rings. The highest BCUT2D eigenvalue weighted by Gasteiger charge is 2.29. The van der Waals surface area contributed by atoms with Crippen LogP contribution in [0.4, 0.5) is 0 Å². The molecule has 4 heteroatoms. The van der Waals surface area contributed by atoms with Crippen LogP contribution < -0.4 is 5.73 Å². The van der Waals surface area contributed by atoms with Gasteiger partial charge in [-0.25, -0.2) is 0 Å². The van der Waals surface area contributed by atoms with Gasteiger partial charge < -0.3 is 15.4 Å². The van der Waals surface area contributed by atoms with Gasteiger partial charge >= 0.3 is 0 Å². The van der Waals surface area contributed by atoms with Crippen molar-refractivity contribution in [2.45, 2.75) is 19.1 Å². The summed E-state index contributed by atoms with van der Waals surface area (Å²) in [6.45, 7) is 2.79. The van der Waals surface area contributed by atoms with Crippen LogP contribution in [-0.2, 0) is 16.1 Å². The second kappa shape index (κ2) is 8.08. The summed E-state index contributed by atoms with van der Waals surface area (Å²) in [6.07, 6.45) is 0.974. The Hall–Kier alpha value is -2.17. The van der Waals surface area contributed by atoms with Crippen LogP contribution in [0.25, 0.3) is 0 Å². The van der Waals surface area contributed by atoms with Crippen LogP contribution in [0, 0.1) is 5.92 Å². The first-order valence-electron chi connectivity index (χ1n) is 8.45. The number of nitrogens with two attached hydrogens (primary N) is 1. The van der Waals surface area contributed by atoms with Gasteiger partial charge in [0.2, 0.25) is 5.91 Å². The number of rotatable bonds is 6. The van der Waals surface area contributed by atoms with E-state index in [0.717, 1.165) is 25.1 Å². The van der Waals surface area contributed by atoms with E-state index in [9.17, 15) is 4.79 Å². The van der Waals surface area contributed by atoms with E-state index in [2.05, 4.69) is 12.1 Å². The van der Waals surface area contributed by atoms with Crippen molar-refractivity contribution in [3.8, 4) is 0 Å². The van der Waals surface area contributed by atoms with Crippen LogP contribution in [0.15, 0.2) is 60.7 Å². The maximum Gasteiger partial charge on any atom is 0.244 e. The average Bonchev–Trinajstić information content (AvgIpc) is 3.11. The molecule has 0 spiro atoms. The molecule has 126 valence electrons. The number of ether oxygens (including phenoxy) is 1. The van der Waals surface area contributed by atoms with Crippen LogP contribution >= 0.6 is 0 Å². The number of carbonyl (C=O) groups excluding carboxylic acids is 1. The lowest BCUT2D eigenvalue weighted by atomic mass is 10.1. The molecular weight excluding hydrogens is 300 g/mol. The van der Waals surface area contributed by atoms with Crippen LogP contribution in [0.1, 0.15) is 23.6 Å². The number of nitrogens with zero attached hydrogens (tertiary/aromatic N) is 1. The van der Waals surface area contributed by atoms with Crippen LogP contribution in [-0.4, -0.2) is 30.5 Å². The molecule has 4 nitrogen and oxygen atoms in total. The summed E-state index contributed by atoms with van der Waals surface area (Å²) in [7, 11) is 0. The fraction of sp³-hybridized carbons (Fsp3) is 0.350. The Balaban J connectivity index is 1.45. The molecule has 0 aromatic heterocycles. The van der Waals surface area contributed by atoms with Crippen LogP contribution in [0.2, 0.25) is 0 Å². The Kier molecular flexibility index (Phi) is 5.62. The van der Waals surface area contributed by atoms with E-state index in [-0.39, 0.29) is 5.91 Å². The lowest BCUT2D eigenvalue weighted by molar-refractivity contribution is -0.131. The maximum atomic E-state index is 12.5.